The topological polar surface area (TPSA) is 21.7 Å². The molecule has 0 radical (unpaired) electrons. The van der Waals surface area contributed by atoms with Crippen LogP contribution in [0.25, 0.3) is 11.1 Å². The van der Waals surface area contributed by atoms with Crippen LogP contribution >= 0.6 is 0 Å². The molecule has 4 rings (SSSR count). The third-order valence-electron chi connectivity index (χ3n) is 5.61. The van der Waals surface area contributed by atoms with E-state index in [0.717, 1.165) is 31.1 Å². The highest BCUT2D eigenvalue weighted by atomic mass is 16.5. The lowest BCUT2D eigenvalue weighted by molar-refractivity contribution is 0.238. The molecule has 3 aromatic carbocycles. The van der Waals surface area contributed by atoms with Gasteiger partial charge in [-0.15, -0.1) is 0 Å². The number of hydrogen-bond donors (Lipinski definition) is 0. The molecule has 0 aromatic heterocycles. The third kappa shape index (κ3) is 5.18. The average Bonchev–Trinajstić information content (AvgIpc) is 3.29. The van der Waals surface area contributed by atoms with E-state index in [0.29, 0.717) is 0 Å². The summed E-state index contributed by atoms with van der Waals surface area (Å²) < 4.78 is 11.2. The van der Waals surface area contributed by atoms with Crippen LogP contribution in [0.5, 0.6) is 11.5 Å². The molecular weight excluding hydrogens is 358 g/mol. The van der Waals surface area contributed by atoms with Crippen molar-refractivity contribution >= 4 is 0 Å². The highest BCUT2D eigenvalue weighted by Gasteiger charge is 2.11. The highest BCUT2D eigenvalue weighted by molar-refractivity contribution is 5.68. The molecule has 0 saturated carbocycles. The molecule has 0 spiro atoms. The highest BCUT2D eigenvalue weighted by Crippen LogP contribution is 2.28. The van der Waals surface area contributed by atoms with Crippen molar-refractivity contribution < 1.29 is 9.47 Å². The third-order valence-corrected chi connectivity index (χ3v) is 5.61. The molecule has 150 valence electrons. The average molecular weight is 388 g/mol. The van der Waals surface area contributed by atoms with Crippen molar-refractivity contribution in [2.45, 2.75) is 19.3 Å². The standard InChI is InChI=1S/C26H29NO2/c1-28-24-14-10-22(11-15-24)26-7-3-2-6-23(26)20-21-8-12-25(13-9-21)29-19-18-27-16-4-5-17-27/h2-3,6-15H,4-5,16-20H2,1H3. The zero-order valence-electron chi connectivity index (χ0n) is 17.1. The van der Waals surface area contributed by atoms with E-state index in [1.807, 2.05) is 12.1 Å². The first kappa shape index (κ1) is 19.5. The van der Waals surface area contributed by atoms with Crippen LogP contribution in [0.4, 0.5) is 0 Å². The summed E-state index contributed by atoms with van der Waals surface area (Å²) in [5, 5.41) is 0. The van der Waals surface area contributed by atoms with Crippen LogP contribution in [0, 0.1) is 0 Å². The quantitative estimate of drug-likeness (QED) is 0.515. The summed E-state index contributed by atoms with van der Waals surface area (Å²) in [6, 6.07) is 25.4. The number of rotatable bonds is 8. The van der Waals surface area contributed by atoms with E-state index in [1.165, 1.54) is 48.2 Å². The van der Waals surface area contributed by atoms with Gasteiger partial charge in [0, 0.05) is 6.54 Å². The molecule has 0 aliphatic carbocycles. The van der Waals surface area contributed by atoms with Crippen LogP contribution in [0.15, 0.2) is 72.8 Å². The van der Waals surface area contributed by atoms with Crippen LogP contribution in [-0.2, 0) is 6.42 Å². The predicted molar refractivity (Wildman–Crippen MR) is 119 cm³/mol. The first-order chi connectivity index (χ1) is 14.3. The van der Waals surface area contributed by atoms with E-state index < -0.39 is 0 Å². The Labute approximate surface area is 173 Å². The molecule has 0 N–H and O–H groups in total. The second-order valence-electron chi connectivity index (χ2n) is 7.60. The van der Waals surface area contributed by atoms with Crippen LogP contribution in [0.3, 0.4) is 0 Å². The van der Waals surface area contributed by atoms with Crippen molar-refractivity contribution in [1.29, 1.82) is 0 Å². The van der Waals surface area contributed by atoms with E-state index in [1.54, 1.807) is 7.11 Å². The Hall–Kier alpha value is -2.78. The summed E-state index contributed by atoms with van der Waals surface area (Å²) in [5.74, 6) is 1.84. The monoisotopic (exact) mass is 387 g/mol. The van der Waals surface area contributed by atoms with E-state index in [4.69, 9.17) is 9.47 Å². The van der Waals surface area contributed by atoms with Crippen LogP contribution in [0.1, 0.15) is 24.0 Å². The van der Waals surface area contributed by atoms with Gasteiger partial charge in [0.15, 0.2) is 0 Å². The number of ether oxygens (including phenoxy) is 2. The Kier molecular flexibility index (Phi) is 6.48. The van der Waals surface area contributed by atoms with E-state index in [9.17, 15) is 0 Å². The maximum atomic E-state index is 5.93. The zero-order valence-corrected chi connectivity index (χ0v) is 17.1. The Morgan fingerprint density at radius 3 is 2.21 bits per heavy atom. The molecule has 3 nitrogen and oxygen atoms in total. The van der Waals surface area contributed by atoms with Gasteiger partial charge in [0.1, 0.15) is 18.1 Å². The lowest BCUT2D eigenvalue weighted by Crippen LogP contribution is -2.25. The predicted octanol–water partition coefficient (Wildman–Crippen LogP) is 5.43. The Morgan fingerprint density at radius 1 is 0.793 bits per heavy atom. The van der Waals surface area contributed by atoms with Gasteiger partial charge in [-0.05, 0) is 78.9 Å². The summed E-state index contributed by atoms with van der Waals surface area (Å²) in [6.07, 6.45) is 3.55. The molecule has 29 heavy (non-hydrogen) atoms. The first-order valence-electron chi connectivity index (χ1n) is 10.5. The minimum atomic E-state index is 0.764. The second-order valence-corrected chi connectivity index (χ2v) is 7.60. The van der Waals surface area contributed by atoms with Crippen molar-refractivity contribution in [2.75, 3.05) is 33.4 Å². The summed E-state index contributed by atoms with van der Waals surface area (Å²) in [4.78, 5) is 2.48. The minimum absolute atomic E-state index is 0.764. The van der Waals surface area contributed by atoms with Gasteiger partial charge in [-0.3, -0.25) is 4.90 Å². The first-order valence-corrected chi connectivity index (χ1v) is 10.5. The Balaban J connectivity index is 1.40. The fourth-order valence-electron chi connectivity index (χ4n) is 3.95. The zero-order chi connectivity index (χ0) is 19.9. The molecule has 1 fully saturated rings. The van der Waals surface area contributed by atoms with Gasteiger partial charge < -0.3 is 9.47 Å². The van der Waals surface area contributed by atoms with Crippen LogP contribution < -0.4 is 9.47 Å². The fraction of sp³-hybridized carbons (Fsp3) is 0.308. The molecule has 0 amide bonds. The van der Waals surface area contributed by atoms with Crippen molar-refractivity contribution in [3.8, 4) is 22.6 Å². The lowest BCUT2D eigenvalue weighted by Gasteiger charge is -2.15. The fourth-order valence-corrected chi connectivity index (χ4v) is 3.95. The summed E-state index contributed by atoms with van der Waals surface area (Å²) in [7, 11) is 1.70. The van der Waals surface area contributed by atoms with E-state index in [-0.39, 0.29) is 0 Å². The van der Waals surface area contributed by atoms with Crippen LogP contribution in [-0.4, -0.2) is 38.3 Å². The molecule has 1 aliphatic heterocycles. The summed E-state index contributed by atoms with van der Waals surface area (Å²) in [6.45, 7) is 4.22. The largest absolute Gasteiger partial charge is 0.497 e. The van der Waals surface area contributed by atoms with Gasteiger partial charge in [-0.1, -0.05) is 48.5 Å². The molecular formula is C26H29NO2. The van der Waals surface area contributed by atoms with Crippen molar-refractivity contribution in [3.63, 3.8) is 0 Å². The summed E-state index contributed by atoms with van der Waals surface area (Å²) in [5.41, 5.74) is 5.09. The number of likely N-dealkylation sites (tertiary alicyclic amines) is 1. The van der Waals surface area contributed by atoms with Gasteiger partial charge in [-0.25, -0.2) is 0 Å². The minimum Gasteiger partial charge on any atom is -0.497 e. The van der Waals surface area contributed by atoms with E-state index in [2.05, 4.69) is 65.6 Å². The Morgan fingerprint density at radius 2 is 1.48 bits per heavy atom. The van der Waals surface area contributed by atoms with Crippen LogP contribution in [0.2, 0.25) is 0 Å². The SMILES string of the molecule is COc1ccc(-c2ccccc2Cc2ccc(OCCN3CCCC3)cc2)cc1. The molecule has 0 unspecified atom stereocenters. The number of nitrogens with zero attached hydrogens (tertiary/aromatic N) is 1. The second kappa shape index (κ2) is 9.62. The van der Waals surface area contributed by atoms with Crippen molar-refractivity contribution in [3.05, 3.63) is 83.9 Å². The van der Waals surface area contributed by atoms with Gasteiger partial charge in [0.2, 0.25) is 0 Å². The smallest absolute Gasteiger partial charge is 0.119 e. The van der Waals surface area contributed by atoms with E-state index >= 15 is 0 Å². The number of benzene rings is 3. The molecule has 0 bridgehead atoms. The summed E-state index contributed by atoms with van der Waals surface area (Å²) >= 11 is 0. The molecule has 0 atom stereocenters. The maximum Gasteiger partial charge on any atom is 0.119 e. The van der Waals surface area contributed by atoms with Gasteiger partial charge in [0.25, 0.3) is 0 Å². The molecule has 3 heteroatoms. The van der Waals surface area contributed by atoms with Gasteiger partial charge in [-0.2, -0.15) is 0 Å². The molecule has 1 heterocycles. The van der Waals surface area contributed by atoms with Gasteiger partial charge >= 0.3 is 0 Å². The molecule has 1 aliphatic rings. The Bertz CT molecular complexity index is 897. The number of hydrogen-bond acceptors (Lipinski definition) is 3. The van der Waals surface area contributed by atoms with Crippen molar-refractivity contribution in [2.24, 2.45) is 0 Å². The molecule has 1 saturated heterocycles. The normalized spacial score (nSPS) is 14.1. The van der Waals surface area contributed by atoms with Gasteiger partial charge in [0.05, 0.1) is 7.11 Å². The van der Waals surface area contributed by atoms with Crippen molar-refractivity contribution in [1.82, 2.24) is 4.90 Å². The maximum absolute atomic E-state index is 5.93. The lowest BCUT2D eigenvalue weighted by atomic mass is 9.95. The molecule has 3 aromatic rings. The number of methoxy groups -OCH3 is 1.